The fraction of sp³-hybridized carbons (Fsp3) is 0.444. The van der Waals surface area contributed by atoms with E-state index in [-0.39, 0.29) is 6.79 Å². The lowest BCUT2D eigenvalue weighted by Crippen LogP contribution is -2.39. The summed E-state index contributed by atoms with van der Waals surface area (Å²) in [5.41, 5.74) is 1.62. The van der Waals surface area contributed by atoms with E-state index in [2.05, 4.69) is 44.3 Å². The number of nitrogens with one attached hydrogen (secondary N) is 1. The third kappa shape index (κ3) is 2.98. The summed E-state index contributed by atoms with van der Waals surface area (Å²) in [5.74, 6) is 3.99. The van der Waals surface area contributed by atoms with Gasteiger partial charge in [-0.3, -0.25) is 0 Å². The van der Waals surface area contributed by atoms with E-state index in [1.54, 1.807) is 0 Å². The topological polar surface area (TPSA) is 98.4 Å². The van der Waals surface area contributed by atoms with Crippen molar-refractivity contribution in [3.63, 3.8) is 0 Å². The van der Waals surface area contributed by atoms with Crippen molar-refractivity contribution in [1.82, 2.24) is 20.3 Å². The molecule has 27 heavy (non-hydrogen) atoms. The molecule has 3 aromatic rings. The van der Waals surface area contributed by atoms with Crippen LogP contribution in [-0.4, -0.2) is 40.2 Å². The first-order valence-electron chi connectivity index (χ1n) is 9.07. The van der Waals surface area contributed by atoms with Crippen LogP contribution in [0.5, 0.6) is 11.5 Å². The summed E-state index contributed by atoms with van der Waals surface area (Å²) in [6, 6.07) is 5.69. The Labute approximate surface area is 155 Å². The zero-order valence-corrected chi connectivity index (χ0v) is 15.2. The van der Waals surface area contributed by atoms with E-state index < -0.39 is 0 Å². The Kier molecular flexibility index (Phi) is 3.73. The van der Waals surface area contributed by atoms with E-state index in [0.29, 0.717) is 34.7 Å². The van der Waals surface area contributed by atoms with Gasteiger partial charge >= 0.3 is 0 Å². The zero-order chi connectivity index (χ0) is 18.4. The summed E-state index contributed by atoms with van der Waals surface area (Å²) in [7, 11) is 0. The van der Waals surface area contributed by atoms with E-state index in [0.717, 1.165) is 30.3 Å². The molecule has 0 amide bonds. The molecule has 1 N–H and O–H groups in total. The van der Waals surface area contributed by atoms with E-state index >= 15 is 0 Å². The molecule has 0 spiro atoms. The molecule has 2 aromatic heterocycles. The predicted octanol–water partition coefficient (Wildman–Crippen LogP) is 2.97. The summed E-state index contributed by atoms with van der Waals surface area (Å²) in [4.78, 5) is 11.5. The highest BCUT2D eigenvalue weighted by Gasteiger charge is 2.26. The molecule has 140 valence electrons. The molecule has 5 rings (SSSR count). The van der Waals surface area contributed by atoms with Crippen molar-refractivity contribution >= 4 is 28.6 Å². The van der Waals surface area contributed by atoms with Gasteiger partial charge in [-0.1, -0.05) is 13.8 Å². The van der Waals surface area contributed by atoms with Gasteiger partial charge in [0.2, 0.25) is 18.1 Å². The fourth-order valence-electron chi connectivity index (χ4n) is 3.88. The Morgan fingerprint density at radius 3 is 2.56 bits per heavy atom. The van der Waals surface area contributed by atoms with Crippen LogP contribution in [0.1, 0.15) is 20.3 Å². The van der Waals surface area contributed by atoms with Crippen molar-refractivity contribution in [3.8, 4) is 11.5 Å². The zero-order valence-electron chi connectivity index (χ0n) is 15.2. The number of aromatic nitrogens is 4. The molecule has 1 saturated heterocycles. The molecule has 9 heteroatoms. The van der Waals surface area contributed by atoms with Crippen molar-refractivity contribution in [1.29, 1.82) is 0 Å². The van der Waals surface area contributed by atoms with Crippen LogP contribution in [0.4, 0.5) is 17.3 Å². The van der Waals surface area contributed by atoms with Crippen molar-refractivity contribution < 1.29 is 14.1 Å². The summed E-state index contributed by atoms with van der Waals surface area (Å²) in [5, 5.41) is 11.0. The van der Waals surface area contributed by atoms with Crippen LogP contribution >= 0.6 is 0 Å². The van der Waals surface area contributed by atoms with Gasteiger partial charge < -0.3 is 19.7 Å². The highest BCUT2D eigenvalue weighted by Crippen LogP contribution is 2.37. The van der Waals surface area contributed by atoms with E-state index in [1.165, 1.54) is 6.42 Å². The molecule has 0 bridgehead atoms. The fourth-order valence-corrected chi connectivity index (χ4v) is 3.88. The van der Waals surface area contributed by atoms with Crippen LogP contribution in [-0.2, 0) is 0 Å². The minimum Gasteiger partial charge on any atom is -0.454 e. The molecule has 4 heterocycles. The van der Waals surface area contributed by atoms with E-state index in [4.69, 9.17) is 14.1 Å². The number of rotatable bonds is 3. The maximum Gasteiger partial charge on any atom is 0.245 e. The molecular weight excluding hydrogens is 348 g/mol. The first kappa shape index (κ1) is 16.1. The molecule has 0 saturated carbocycles. The van der Waals surface area contributed by atoms with E-state index in [9.17, 15) is 0 Å². The van der Waals surface area contributed by atoms with Crippen molar-refractivity contribution in [2.24, 2.45) is 11.8 Å². The number of hydrogen-bond acceptors (Lipinski definition) is 9. The first-order valence-corrected chi connectivity index (χ1v) is 9.07. The number of ether oxygens (including phenoxy) is 2. The van der Waals surface area contributed by atoms with Gasteiger partial charge in [0.25, 0.3) is 0 Å². The smallest absolute Gasteiger partial charge is 0.245 e. The second-order valence-electron chi connectivity index (χ2n) is 7.35. The Bertz CT molecular complexity index is 980. The van der Waals surface area contributed by atoms with Gasteiger partial charge in [-0.2, -0.15) is 0 Å². The Hall–Kier alpha value is -3.10. The lowest BCUT2D eigenvalue weighted by Gasteiger charge is -2.36. The minimum atomic E-state index is 0.240. The molecular formula is C18H20N6O3. The summed E-state index contributed by atoms with van der Waals surface area (Å²) < 4.78 is 15.6. The summed E-state index contributed by atoms with van der Waals surface area (Å²) in [6.45, 7) is 6.61. The number of piperidine rings is 1. The van der Waals surface area contributed by atoms with Gasteiger partial charge in [-0.05, 0) is 40.7 Å². The van der Waals surface area contributed by atoms with Crippen LogP contribution in [0.25, 0.3) is 11.3 Å². The molecule has 2 aliphatic rings. The molecule has 0 aliphatic carbocycles. The largest absolute Gasteiger partial charge is 0.454 e. The van der Waals surface area contributed by atoms with Gasteiger partial charge in [0, 0.05) is 24.8 Å². The molecule has 9 nitrogen and oxygen atoms in total. The van der Waals surface area contributed by atoms with Gasteiger partial charge in [0.15, 0.2) is 23.1 Å². The van der Waals surface area contributed by atoms with Crippen LogP contribution < -0.4 is 19.7 Å². The maximum absolute atomic E-state index is 5.46. The standard InChI is InChI=1S/C18H20N6O3/c1-10-5-11(2)8-24(7-10)18-17(20-15-16(21-18)23-27-22-15)19-12-3-4-13-14(6-12)26-9-25-13/h3-4,6,10-11H,5,7-9H2,1-2H3,(H,19,20,22)/t10-,11-/m1/s1. The monoisotopic (exact) mass is 368 g/mol. The molecule has 0 unspecified atom stereocenters. The minimum absolute atomic E-state index is 0.240. The number of benzene rings is 1. The molecule has 1 aromatic carbocycles. The summed E-state index contributed by atoms with van der Waals surface area (Å²) in [6.07, 6.45) is 1.21. The van der Waals surface area contributed by atoms with Crippen molar-refractivity contribution in [2.45, 2.75) is 20.3 Å². The lowest BCUT2D eigenvalue weighted by atomic mass is 9.92. The maximum atomic E-state index is 5.46. The van der Waals surface area contributed by atoms with Crippen LogP contribution in [0, 0.1) is 11.8 Å². The van der Waals surface area contributed by atoms with Crippen LogP contribution in [0.2, 0.25) is 0 Å². The Morgan fingerprint density at radius 2 is 1.74 bits per heavy atom. The SMILES string of the molecule is C[C@@H]1C[C@@H](C)CN(c2nc3nonc3nc2Nc2ccc3c(c2)OCO3)C1. The normalized spacial score (nSPS) is 21.6. The third-order valence-corrected chi connectivity index (χ3v) is 4.90. The van der Waals surface area contributed by atoms with Gasteiger partial charge in [-0.15, -0.1) is 0 Å². The predicted molar refractivity (Wildman–Crippen MR) is 98.4 cm³/mol. The van der Waals surface area contributed by atoms with Crippen LogP contribution in [0.3, 0.4) is 0 Å². The second kappa shape index (κ2) is 6.26. The Morgan fingerprint density at radius 1 is 1.00 bits per heavy atom. The van der Waals surface area contributed by atoms with Gasteiger partial charge in [0.1, 0.15) is 0 Å². The lowest BCUT2D eigenvalue weighted by molar-refractivity contribution is 0.174. The highest BCUT2D eigenvalue weighted by molar-refractivity contribution is 5.77. The number of nitrogens with zero attached hydrogens (tertiary/aromatic N) is 5. The average molecular weight is 368 g/mol. The molecule has 2 atom stereocenters. The van der Waals surface area contributed by atoms with Crippen molar-refractivity contribution in [3.05, 3.63) is 18.2 Å². The highest BCUT2D eigenvalue weighted by atomic mass is 16.7. The molecule has 2 aliphatic heterocycles. The van der Waals surface area contributed by atoms with Gasteiger partial charge in [-0.25, -0.2) is 14.6 Å². The van der Waals surface area contributed by atoms with Gasteiger partial charge in [0.05, 0.1) is 0 Å². The van der Waals surface area contributed by atoms with E-state index in [1.807, 2.05) is 18.2 Å². The second-order valence-corrected chi connectivity index (χ2v) is 7.35. The number of hydrogen-bond donors (Lipinski definition) is 1. The Balaban J connectivity index is 1.54. The number of fused-ring (bicyclic) bond motifs is 2. The number of anilines is 3. The van der Waals surface area contributed by atoms with Crippen molar-refractivity contribution in [2.75, 3.05) is 30.1 Å². The van der Waals surface area contributed by atoms with Crippen LogP contribution in [0.15, 0.2) is 22.8 Å². The average Bonchev–Trinajstić information content (AvgIpc) is 3.28. The summed E-state index contributed by atoms with van der Waals surface area (Å²) >= 11 is 0. The molecule has 1 fully saturated rings. The quantitative estimate of drug-likeness (QED) is 0.748. The molecule has 0 radical (unpaired) electrons. The third-order valence-electron chi connectivity index (χ3n) is 4.90. The first-order chi connectivity index (χ1) is 13.2.